The summed E-state index contributed by atoms with van der Waals surface area (Å²) in [7, 11) is 0. The van der Waals surface area contributed by atoms with Gasteiger partial charge in [0, 0.05) is 44.7 Å². The van der Waals surface area contributed by atoms with Crippen molar-refractivity contribution in [3.8, 4) is 0 Å². The highest BCUT2D eigenvalue weighted by atomic mass is 35.5. The highest BCUT2D eigenvalue weighted by Crippen LogP contribution is 2.37. The summed E-state index contributed by atoms with van der Waals surface area (Å²) in [4.78, 5) is 44.1. The molecule has 0 fully saturated rings. The van der Waals surface area contributed by atoms with Crippen molar-refractivity contribution < 1.29 is 19.1 Å². The molecule has 180 valence electrons. The van der Waals surface area contributed by atoms with Crippen LogP contribution in [0.4, 0.5) is 5.69 Å². The molecule has 1 atom stereocenters. The number of hydrogen-bond donors (Lipinski definition) is 2. The Morgan fingerprint density at radius 3 is 2.24 bits per heavy atom. The number of aromatic nitrogens is 1. The first-order chi connectivity index (χ1) is 15.9. The number of benzene rings is 2. The van der Waals surface area contributed by atoms with E-state index in [9.17, 15) is 14.4 Å². The molecule has 2 aromatic carbocycles. The molecule has 2 N–H and O–H groups in total. The number of nitrogens with zero attached hydrogens (tertiary/aromatic N) is 1. The molecule has 34 heavy (non-hydrogen) atoms. The quantitative estimate of drug-likeness (QED) is 0.424. The van der Waals surface area contributed by atoms with Gasteiger partial charge in [-0.3, -0.25) is 14.5 Å². The number of nitrogens with one attached hydrogen (secondary N) is 2. The van der Waals surface area contributed by atoms with E-state index in [2.05, 4.69) is 10.3 Å². The van der Waals surface area contributed by atoms with Crippen LogP contribution in [0.5, 0.6) is 0 Å². The summed E-state index contributed by atoms with van der Waals surface area (Å²) >= 11 is 12.2. The van der Waals surface area contributed by atoms with Crippen molar-refractivity contribution >= 4 is 57.6 Å². The highest BCUT2D eigenvalue weighted by Gasteiger charge is 2.38. The summed E-state index contributed by atoms with van der Waals surface area (Å²) in [5.74, 6) is -1.49. The van der Waals surface area contributed by atoms with Crippen LogP contribution < -0.4 is 10.2 Å². The zero-order chi connectivity index (χ0) is 25.2. The number of anilines is 1. The molecular formula is C25H27Cl2N3O4. The molecule has 0 aliphatic carbocycles. The van der Waals surface area contributed by atoms with Gasteiger partial charge < -0.3 is 15.0 Å². The van der Waals surface area contributed by atoms with Crippen LogP contribution >= 0.6 is 23.2 Å². The second-order valence-electron chi connectivity index (χ2n) is 8.83. The van der Waals surface area contributed by atoms with Crippen LogP contribution in [0.3, 0.4) is 0 Å². The number of carbonyl (C=O) groups is 3. The average molecular weight is 504 g/mol. The van der Waals surface area contributed by atoms with E-state index in [1.807, 2.05) is 20.8 Å². The third kappa shape index (κ3) is 5.54. The molecule has 0 radical (unpaired) electrons. The predicted molar refractivity (Wildman–Crippen MR) is 135 cm³/mol. The normalized spacial score (nSPS) is 12.3. The number of aromatic amines is 1. The lowest BCUT2D eigenvalue weighted by molar-refractivity contribution is -0.127. The van der Waals surface area contributed by atoms with Crippen molar-refractivity contribution in [3.63, 3.8) is 0 Å². The van der Waals surface area contributed by atoms with Gasteiger partial charge in [-0.1, -0.05) is 29.3 Å². The van der Waals surface area contributed by atoms with Gasteiger partial charge in [-0.05, 0) is 64.1 Å². The predicted octanol–water partition coefficient (Wildman–Crippen LogP) is 5.66. The third-order valence-corrected chi connectivity index (χ3v) is 5.49. The van der Waals surface area contributed by atoms with E-state index in [-0.39, 0.29) is 12.3 Å². The summed E-state index contributed by atoms with van der Waals surface area (Å²) in [5, 5.41) is 4.45. The van der Waals surface area contributed by atoms with Gasteiger partial charge in [0.1, 0.15) is 11.7 Å². The fourth-order valence-corrected chi connectivity index (χ4v) is 4.07. The fraction of sp³-hybridized carbons (Fsp3) is 0.320. The number of amides is 2. The number of H-pyrrole nitrogens is 1. The molecule has 1 aromatic heterocycles. The van der Waals surface area contributed by atoms with Gasteiger partial charge in [0.2, 0.25) is 11.8 Å². The van der Waals surface area contributed by atoms with Gasteiger partial charge in [-0.15, -0.1) is 0 Å². The third-order valence-electron chi connectivity index (χ3n) is 5.00. The molecule has 2 amide bonds. The van der Waals surface area contributed by atoms with Crippen LogP contribution in [0.1, 0.15) is 56.7 Å². The van der Waals surface area contributed by atoms with E-state index in [4.69, 9.17) is 27.9 Å². The smallest absolute Gasteiger partial charge is 0.355 e. The zero-order valence-corrected chi connectivity index (χ0v) is 21.2. The monoisotopic (exact) mass is 503 g/mol. The van der Waals surface area contributed by atoms with Gasteiger partial charge in [-0.25, -0.2) is 4.79 Å². The Balaban J connectivity index is 2.35. The Morgan fingerprint density at radius 2 is 1.68 bits per heavy atom. The Morgan fingerprint density at radius 1 is 1.06 bits per heavy atom. The first-order valence-corrected chi connectivity index (χ1v) is 11.5. The minimum Gasteiger partial charge on any atom is -0.461 e. The van der Waals surface area contributed by atoms with Crippen molar-refractivity contribution in [2.45, 2.75) is 46.2 Å². The largest absolute Gasteiger partial charge is 0.461 e. The van der Waals surface area contributed by atoms with Crippen molar-refractivity contribution in [3.05, 3.63) is 63.8 Å². The van der Waals surface area contributed by atoms with Crippen molar-refractivity contribution in [2.75, 3.05) is 11.5 Å². The molecular weight excluding hydrogens is 477 g/mol. The van der Waals surface area contributed by atoms with Crippen LogP contribution in [-0.4, -0.2) is 34.9 Å². The first-order valence-electron chi connectivity index (χ1n) is 10.8. The Labute approximate surface area is 208 Å². The molecule has 0 saturated heterocycles. The molecule has 1 heterocycles. The number of esters is 1. The Bertz CT molecular complexity index is 1230. The number of hydrogen-bond acceptors (Lipinski definition) is 4. The van der Waals surface area contributed by atoms with Crippen LogP contribution in [0.25, 0.3) is 10.9 Å². The molecule has 0 aliphatic heterocycles. The lowest BCUT2D eigenvalue weighted by atomic mass is 9.97. The van der Waals surface area contributed by atoms with Crippen LogP contribution in [-0.2, 0) is 14.3 Å². The molecule has 0 spiro atoms. The van der Waals surface area contributed by atoms with Crippen molar-refractivity contribution in [1.82, 2.24) is 10.3 Å². The van der Waals surface area contributed by atoms with Crippen LogP contribution in [0.2, 0.25) is 10.0 Å². The van der Waals surface area contributed by atoms with Crippen LogP contribution in [0, 0.1) is 0 Å². The number of ether oxygens (including phenoxy) is 1. The minimum absolute atomic E-state index is 0.0772. The van der Waals surface area contributed by atoms with Gasteiger partial charge in [0.15, 0.2) is 0 Å². The molecule has 3 aromatic rings. The summed E-state index contributed by atoms with van der Waals surface area (Å²) < 4.78 is 5.27. The number of rotatable bonds is 6. The maximum Gasteiger partial charge on any atom is 0.355 e. The van der Waals surface area contributed by atoms with E-state index in [0.717, 1.165) is 0 Å². The van der Waals surface area contributed by atoms with Crippen molar-refractivity contribution in [1.29, 1.82) is 0 Å². The average Bonchev–Trinajstić information content (AvgIpc) is 3.09. The lowest BCUT2D eigenvalue weighted by Crippen LogP contribution is -2.49. The number of fused-ring (bicyclic) bond motifs is 1. The lowest BCUT2D eigenvalue weighted by Gasteiger charge is -2.33. The standard InChI is InChI=1S/C25H27Cl2N3O4/c1-6-34-24(33)21-20(18-12-9-16(27)13-19(18)28-21)22(23(32)29-25(3,4)5)30(14(2)31)17-10-7-15(26)8-11-17/h7-13,22,28H,6H2,1-5H3,(H,29,32). The first kappa shape index (κ1) is 25.6. The maximum atomic E-state index is 13.8. The molecule has 0 bridgehead atoms. The Kier molecular flexibility index (Phi) is 7.58. The number of carbonyl (C=O) groups excluding carboxylic acids is 3. The molecule has 0 saturated carbocycles. The van der Waals surface area contributed by atoms with Gasteiger partial charge in [0.25, 0.3) is 0 Å². The zero-order valence-electron chi connectivity index (χ0n) is 19.7. The van der Waals surface area contributed by atoms with E-state index >= 15 is 0 Å². The van der Waals surface area contributed by atoms with E-state index < -0.39 is 29.4 Å². The van der Waals surface area contributed by atoms with Gasteiger partial charge >= 0.3 is 5.97 Å². The van der Waals surface area contributed by atoms with E-state index in [0.29, 0.717) is 32.2 Å². The van der Waals surface area contributed by atoms with E-state index in [1.165, 1.54) is 11.8 Å². The SMILES string of the molecule is CCOC(=O)c1[nH]c2cc(Cl)ccc2c1C(C(=O)NC(C)(C)C)N(C(C)=O)c1ccc(Cl)cc1. The summed E-state index contributed by atoms with van der Waals surface area (Å²) in [6.45, 7) is 8.70. The van der Waals surface area contributed by atoms with Gasteiger partial charge in [-0.2, -0.15) is 0 Å². The second-order valence-corrected chi connectivity index (χ2v) is 9.70. The number of halogens is 2. The summed E-state index contributed by atoms with van der Waals surface area (Å²) in [6, 6.07) is 10.4. The van der Waals surface area contributed by atoms with E-state index in [1.54, 1.807) is 49.4 Å². The molecule has 1 unspecified atom stereocenters. The Hall–Kier alpha value is -3.03. The molecule has 9 heteroatoms. The van der Waals surface area contributed by atoms with Crippen molar-refractivity contribution in [2.24, 2.45) is 0 Å². The highest BCUT2D eigenvalue weighted by molar-refractivity contribution is 6.31. The summed E-state index contributed by atoms with van der Waals surface area (Å²) in [6.07, 6.45) is 0. The second kappa shape index (κ2) is 10.1. The summed E-state index contributed by atoms with van der Waals surface area (Å²) in [5.41, 5.74) is 0.783. The molecule has 7 nitrogen and oxygen atoms in total. The van der Waals surface area contributed by atoms with Crippen LogP contribution in [0.15, 0.2) is 42.5 Å². The minimum atomic E-state index is -1.19. The fourth-order valence-electron chi connectivity index (χ4n) is 3.77. The topological polar surface area (TPSA) is 91.5 Å². The maximum absolute atomic E-state index is 13.8. The van der Waals surface area contributed by atoms with Gasteiger partial charge in [0.05, 0.1) is 6.61 Å². The molecule has 0 aliphatic rings. The molecule has 3 rings (SSSR count).